The lowest BCUT2D eigenvalue weighted by molar-refractivity contribution is 0.327. The highest BCUT2D eigenvalue weighted by atomic mass is 32.2. The zero-order valence-corrected chi connectivity index (χ0v) is 15.2. The Morgan fingerprint density at radius 3 is 2.71 bits per heavy atom. The van der Waals surface area contributed by atoms with Gasteiger partial charge in [-0.25, -0.2) is 13.4 Å². The Morgan fingerprint density at radius 2 is 2.08 bits per heavy atom. The van der Waals surface area contributed by atoms with Crippen LogP contribution in [0.1, 0.15) is 25.0 Å². The fourth-order valence-corrected chi connectivity index (χ4v) is 6.01. The number of hydrogen-bond donors (Lipinski definition) is 1. The van der Waals surface area contributed by atoms with E-state index in [2.05, 4.69) is 10.3 Å². The van der Waals surface area contributed by atoms with E-state index in [0.717, 1.165) is 48.6 Å². The van der Waals surface area contributed by atoms with Crippen molar-refractivity contribution in [3.63, 3.8) is 0 Å². The largest absolute Gasteiger partial charge is 0.315 e. The summed E-state index contributed by atoms with van der Waals surface area (Å²) in [6, 6.07) is 7.47. The van der Waals surface area contributed by atoms with E-state index in [1.165, 1.54) is 0 Å². The second-order valence-corrected chi connectivity index (χ2v) is 9.24. The Bertz CT molecular complexity index is 837. The summed E-state index contributed by atoms with van der Waals surface area (Å²) in [6.07, 6.45) is 2.84. The van der Waals surface area contributed by atoms with Gasteiger partial charge < -0.3 is 5.32 Å². The van der Waals surface area contributed by atoms with Crippen LogP contribution in [0.15, 0.2) is 34.5 Å². The summed E-state index contributed by atoms with van der Waals surface area (Å²) < 4.78 is 28.3. The van der Waals surface area contributed by atoms with Crippen molar-refractivity contribution in [2.75, 3.05) is 13.1 Å². The predicted octanol–water partition coefficient (Wildman–Crippen LogP) is 2.63. The lowest BCUT2D eigenvalue weighted by Gasteiger charge is -2.27. The molecule has 1 saturated heterocycles. The lowest BCUT2D eigenvalue weighted by atomic mass is 10.2. The topological polar surface area (TPSA) is 62.3 Å². The molecule has 0 radical (unpaired) electrons. The summed E-state index contributed by atoms with van der Waals surface area (Å²) in [6.45, 7) is 3.59. The molecule has 1 atom stereocenters. The molecule has 1 saturated carbocycles. The van der Waals surface area contributed by atoms with Gasteiger partial charge in [-0.2, -0.15) is 4.31 Å². The van der Waals surface area contributed by atoms with Gasteiger partial charge >= 0.3 is 0 Å². The average Bonchev–Trinajstić information content (AvgIpc) is 3.06. The second kappa shape index (κ2) is 6.22. The molecule has 1 N–H and O–H groups in total. The maximum absolute atomic E-state index is 13.3. The third kappa shape index (κ3) is 3.01. The normalized spacial score (nSPS) is 21.5. The van der Waals surface area contributed by atoms with Gasteiger partial charge in [0.2, 0.25) is 10.0 Å². The van der Waals surface area contributed by atoms with Gasteiger partial charge in [0, 0.05) is 35.3 Å². The van der Waals surface area contributed by atoms with E-state index in [0.29, 0.717) is 4.90 Å². The molecule has 5 nitrogen and oxygen atoms in total. The van der Waals surface area contributed by atoms with Gasteiger partial charge in [0.05, 0.1) is 4.90 Å². The van der Waals surface area contributed by atoms with Crippen LogP contribution in [0, 0.1) is 6.92 Å². The van der Waals surface area contributed by atoms with Crippen molar-refractivity contribution < 1.29 is 8.42 Å². The Kier molecular flexibility index (Phi) is 4.20. The molecule has 2 aromatic rings. The van der Waals surface area contributed by atoms with Crippen LogP contribution >= 0.6 is 11.3 Å². The minimum absolute atomic E-state index is 0.0771. The van der Waals surface area contributed by atoms with Gasteiger partial charge in [0.1, 0.15) is 5.01 Å². The SMILES string of the molecule is Cc1csc(-c2cccc(S(=O)(=O)N(C3CC3)C3CCNC3)c2)n1. The van der Waals surface area contributed by atoms with Crippen molar-refractivity contribution in [3.8, 4) is 10.6 Å². The first-order valence-corrected chi connectivity index (χ1v) is 10.6. The average molecular weight is 364 g/mol. The highest BCUT2D eigenvalue weighted by molar-refractivity contribution is 7.89. The molecule has 24 heavy (non-hydrogen) atoms. The molecule has 0 amide bonds. The standard InChI is InChI=1S/C17H21N3O2S2/c1-12-11-23-17(19-12)13-3-2-4-16(9-13)24(21,22)20(14-5-6-14)15-7-8-18-10-15/h2-4,9,11,14-15,18H,5-8,10H2,1H3. The van der Waals surface area contributed by atoms with Gasteiger partial charge in [-0.3, -0.25) is 0 Å². The van der Waals surface area contributed by atoms with E-state index in [9.17, 15) is 8.42 Å². The third-order valence-corrected chi connectivity index (χ3v) is 7.59. The number of benzene rings is 1. The number of nitrogens with one attached hydrogen (secondary N) is 1. The highest BCUT2D eigenvalue weighted by Gasteiger charge is 2.43. The molecule has 2 heterocycles. The molecule has 0 bridgehead atoms. The molecular formula is C17H21N3O2S2. The zero-order chi connectivity index (χ0) is 16.7. The van der Waals surface area contributed by atoms with Gasteiger partial charge in [-0.05, 0) is 44.9 Å². The lowest BCUT2D eigenvalue weighted by Crippen LogP contribution is -2.43. The maximum Gasteiger partial charge on any atom is 0.243 e. The molecule has 4 rings (SSSR count). The second-order valence-electron chi connectivity index (χ2n) is 6.53. The summed E-state index contributed by atoms with van der Waals surface area (Å²) in [7, 11) is -3.47. The van der Waals surface area contributed by atoms with E-state index in [1.807, 2.05) is 24.4 Å². The first-order chi connectivity index (χ1) is 11.6. The van der Waals surface area contributed by atoms with Crippen LogP contribution in [0.3, 0.4) is 0 Å². The summed E-state index contributed by atoms with van der Waals surface area (Å²) >= 11 is 1.54. The zero-order valence-electron chi connectivity index (χ0n) is 13.6. The summed E-state index contributed by atoms with van der Waals surface area (Å²) in [5, 5.41) is 6.13. The molecule has 1 aliphatic carbocycles. The van der Waals surface area contributed by atoms with E-state index < -0.39 is 10.0 Å². The number of sulfonamides is 1. The van der Waals surface area contributed by atoms with Crippen LogP contribution in [0.25, 0.3) is 10.6 Å². The molecule has 1 aliphatic heterocycles. The maximum atomic E-state index is 13.3. The minimum atomic E-state index is -3.47. The minimum Gasteiger partial charge on any atom is -0.315 e. The van der Waals surface area contributed by atoms with Gasteiger partial charge in [0.25, 0.3) is 0 Å². The van der Waals surface area contributed by atoms with Gasteiger partial charge in [0.15, 0.2) is 0 Å². The van der Waals surface area contributed by atoms with Crippen LogP contribution in [-0.4, -0.2) is 42.9 Å². The molecule has 7 heteroatoms. The number of nitrogens with zero attached hydrogens (tertiary/aromatic N) is 2. The van der Waals surface area contributed by atoms with Crippen molar-refractivity contribution in [3.05, 3.63) is 35.3 Å². The molecule has 1 unspecified atom stereocenters. The monoisotopic (exact) mass is 363 g/mol. The molecule has 2 fully saturated rings. The van der Waals surface area contributed by atoms with Crippen molar-refractivity contribution in [1.82, 2.24) is 14.6 Å². The Morgan fingerprint density at radius 1 is 1.25 bits per heavy atom. The fraction of sp³-hybridized carbons (Fsp3) is 0.471. The van der Waals surface area contributed by atoms with Crippen LogP contribution in [0.2, 0.25) is 0 Å². The van der Waals surface area contributed by atoms with Crippen LogP contribution in [0.5, 0.6) is 0 Å². The number of aromatic nitrogens is 1. The quantitative estimate of drug-likeness (QED) is 0.887. The molecule has 0 spiro atoms. The third-order valence-electron chi connectivity index (χ3n) is 4.58. The van der Waals surface area contributed by atoms with E-state index in [-0.39, 0.29) is 12.1 Å². The molecule has 128 valence electrons. The van der Waals surface area contributed by atoms with Gasteiger partial charge in [-0.1, -0.05) is 12.1 Å². The molecule has 2 aliphatic rings. The number of rotatable bonds is 5. The molecule has 1 aromatic carbocycles. The van der Waals surface area contributed by atoms with Crippen LogP contribution in [-0.2, 0) is 10.0 Å². The highest BCUT2D eigenvalue weighted by Crippen LogP contribution is 2.36. The number of aryl methyl sites for hydroxylation is 1. The predicted molar refractivity (Wildman–Crippen MR) is 95.6 cm³/mol. The van der Waals surface area contributed by atoms with Crippen molar-refractivity contribution in [2.45, 2.75) is 43.2 Å². The Balaban J connectivity index is 1.70. The summed E-state index contributed by atoms with van der Waals surface area (Å²) in [5.74, 6) is 0. The first kappa shape index (κ1) is 16.2. The summed E-state index contributed by atoms with van der Waals surface area (Å²) in [5.41, 5.74) is 1.83. The number of thiazole rings is 1. The van der Waals surface area contributed by atoms with E-state index in [4.69, 9.17) is 0 Å². The van der Waals surface area contributed by atoms with Crippen LogP contribution in [0.4, 0.5) is 0 Å². The molecular weight excluding hydrogens is 342 g/mol. The Labute approximate surface area is 146 Å². The van der Waals surface area contributed by atoms with Crippen molar-refractivity contribution in [1.29, 1.82) is 0 Å². The van der Waals surface area contributed by atoms with E-state index in [1.54, 1.807) is 27.8 Å². The smallest absolute Gasteiger partial charge is 0.243 e. The van der Waals surface area contributed by atoms with E-state index >= 15 is 0 Å². The number of hydrogen-bond acceptors (Lipinski definition) is 5. The summed E-state index contributed by atoms with van der Waals surface area (Å²) in [4.78, 5) is 4.86. The van der Waals surface area contributed by atoms with Crippen LogP contribution < -0.4 is 5.32 Å². The molecule has 1 aromatic heterocycles. The Hall–Kier alpha value is -1.28. The fourth-order valence-electron chi connectivity index (χ4n) is 3.27. The first-order valence-electron chi connectivity index (χ1n) is 8.32. The van der Waals surface area contributed by atoms with Gasteiger partial charge in [-0.15, -0.1) is 11.3 Å². The van der Waals surface area contributed by atoms with Crippen molar-refractivity contribution >= 4 is 21.4 Å². The van der Waals surface area contributed by atoms with Crippen molar-refractivity contribution in [2.24, 2.45) is 0 Å².